The predicted molar refractivity (Wildman–Crippen MR) is 81.2 cm³/mol. The largest absolute Gasteiger partial charge is 0.355 e. The molecule has 2 aromatic carbocycles. The van der Waals surface area contributed by atoms with Crippen molar-refractivity contribution in [3.8, 4) is 0 Å². The van der Waals surface area contributed by atoms with E-state index in [4.69, 9.17) is 5.73 Å². The second-order valence-electron chi connectivity index (χ2n) is 4.88. The number of carbonyl (C=O) groups excluding carboxylic acids is 1. The quantitative estimate of drug-likeness (QED) is 0.855. The van der Waals surface area contributed by atoms with Crippen molar-refractivity contribution in [2.45, 2.75) is 19.4 Å². The monoisotopic (exact) mass is 286 g/mol. The maximum Gasteiger partial charge on any atom is 0.224 e. The summed E-state index contributed by atoms with van der Waals surface area (Å²) >= 11 is 0. The van der Waals surface area contributed by atoms with Gasteiger partial charge in [-0.2, -0.15) is 0 Å². The number of rotatable bonds is 6. The highest BCUT2D eigenvalue weighted by atomic mass is 19.1. The van der Waals surface area contributed by atoms with Gasteiger partial charge in [0.05, 0.1) is 6.42 Å². The molecule has 0 saturated carbocycles. The molecule has 2 rings (SSSR count). The molecule has 4 heteroatoms. The van der Waals surface area contributed by atoms with Gasteiger partial charge in [0.2, 0.25) is 5.91 Å². The van der Waals surface area contributed by atoms with Crippen molar-refractivity contribution < 1.29 is 9.18 Å². The van der Waals surface area contributed by atoms with Gasteiger partial charge in [0.15, 0.2) is 0 Å². The molecular weight excluding hydrogens is 267 g/mol. The zero-order valence-corrected chi connectivity index (χ0v) is 11.8. The highest BCUT2D eigenvalue weighted by Crippen LogP contribution is 2.08. The number of halogens is 1. The molecule has 0 fully saturated rings. The van der Waals surface area contributed by atoms with E-state index in [2.05, 4.69) is 5.32 Å². The van der Waals surface area contributed by atoms with E-state index in [1.165, 1.54) is 12.1 Å². The first-order valence-corrected chi connectivity index (χ1v) is 6.97. The van der Waals surface area contributed by atoms with Gasteiger partial charge in [-0.1, -0.05) is 36.4 Å². The number of hydrogen-bond donors (Lipinski definition) is 2. The minimum Gasteiger partial charge on any atom is -0.355 e. The minimum absolute atomic E-state index is 0.0296. The average Bonchev–Trinajstić information content (AvgIpc) is 2.50. The number of hydrogen-bond acceptors (Lipinski definition) is 2. The summed E-state index contributed by atoms with van der Waals surface area (Å²) in [6, 6.07) is 14.0. The van der Waals surface area contributed by atoms with Crippen molar-refractivity contribution in [3.05, 3.63) is 71.0 Å². The second kappa shape index (κ2) is 7.55. The Kier molecular flexibility index (Phi) is 5.46. The molecule has 0 heterocycles. The van der Waals surface area contributed by atoms with Crippen molar-refractivity contribution in [2.24, 2.45) is 5.73 Å². The maximum absolute atomic E-state index is 12.8. The molecule has 0 radical (unpaired) electrons. The fraction of sp³-hybridized carbons (Fsp3) is 0.235. The standard InChI is InChI=1S/C17H19FN2O/c18-16-7-5-13(6-8-16)9-10-20-17(21)11-14-3-1-2-4-15(14)12-19/h1-8H,9-12,19H2,(H,20,21). The lowest BCUT2D eigenvalue weighted by Gasteiger charge is -2.08. The SMILES string of the molecule is NCc1ccccc1CC(=O)NCCc1ccc(F)cc1. The summed E-state index contributed by atoms with van der Waals surface area (Å²) in [5.41, 5.74) is 8.60. The van der Waals surface area contributed by atoms with E-state index in [0.29, 0.717) is 25.9 Å². The normalized spacial score (nSPS) is 10.4. The Hall–Kier alpha value is -2.20. The van der Waals surface area contributed by atoms with Crippen molar-refractivity contribution >= 4 is 5.91 Å². The van der Waals surface area contributed by atoms with Crippen LogP contribution in [0.2, 0.25) is 0 Å². The van der Waals surface area contributed by atoms with Crippen LogP contribution in [0.4, 0.5) is 4.39 Å². The summed E-state index contributed by atoms with van der Waals surface area (Å²) in [7, 11) is 0. The number of carbonyl (C=O) groups is 1. The van der Waals surface area contributed by atoms with Crippen molar-refractivity contribution in [3.63, 3.8) is 0 Å². The Bertz CT molecular complexity index is 596. The molecule has 0 aliphatic rings. The molecular formula is C17H19FN2O. The van der Waals surface area contributed by atoms with Gasteiger partial charge in [0.1, 0.15) is 5.82 Å². The zero-order valence-electron chi connectivity index (χ0n) is 11.8. The lowest BCUT2D eigenvalue weighted by atomic mass is 10.0. The Morgan fingerprint density at radius 3 is 2.38 bits per heavy atom. The van der Waals surface area contributed by atoms with Crippen LogP contribution >= 0.6 is 0 Å². The Balaban J connectivity index is 1.81. The van der Waals surface area contributed by atoms with Crippen LogP contribution in [-0.4, -0.2) is 12.5 Å². The van der Waals surface area contributed by atoms with Gasteiger partial charge in [0.25, 0.3) is 0 Å². The van der Waals surface area contributed by atoms with Crippen LogP contribution in [-0.2, 0) is 24.2 Å². The van der Waals surface area contributed by atoms with Gasteiger partial charge in [-0.25, -0.2) is 4.39 Å². The molecule has 0 atom stereocenters. The molecule has 0 bridgehead atoms. The highest BCUT2D eigenvalue weighted by molar-refractivity contribution is 5.78. The van der Waals surface area contributed by atoms with E-state index in [9.17, 15) is 9.18 Å². The lowest BCUT2D eigenvalue weighted by molar-refractivity contribution is -0.120. The van der Waals surface area contributed by atoms with E-state index in [1.54, 1.807) is 12.1 Å². The van der Waals surface area contributed by atoms with Gasteiger partial charge in [-0.05, 0) is 35.2 Å². The summed E-state index contributed by atoms with van der Waals surface area (Å²) in [5.74, 6) is -0.279. The molecule has 21 heavy (non-hydrogen) atoms. The average molecular weight is 286 g/mol. The van der Waals surface area contributed by atoms with Crippen LogP contribution in [0.25, 0.3) is 0 Å². The van der Waals surface area contributed by atoms with Crippen LogP contribution in [0.5, 0.6) is 0 Å². The molecule has 2 aromatic rings. The van der Waals surface area contributed by atoms with E-state index in [-0.39, 0.29) is 11.7 Å². The lowest BCUT2D eigenvalue weighted by Crippen LogP contribution is -2.27. The molecule has 0 aliphatic heterocycles. The first-order valence-electron chi connectivity index (χ1n) is 6.97. The Morgan fingerprint density at radius 1 is 1.05 bits per heavy atom. The van der Waals surface area contributed by atoms with Crippen LogP contribution < -0.4 is 11.1 Å². The number of amides is 1. The molecule has 0 aliphatic carbocycles. The fourth-order valence-corrected chi connectivity index (χ4v) is 2.16. The van der Waals surface area contributed by atoms with Gasteiger partial charge in [-0.15, -0.1) is 0 Å². The molecule has 1 amide bonds. The second-order valence-corrected chi connectivity index (χ2v) is 4.88. The summed E-state index contributed by atoms with van der Waals surface area (Å²) in [6.45, 7) is 0.967. The minimum atomic E-state index is -0.249. The van der Waals surface area contributed by atoms with Gasteiger partial charge < -0.3 is 11.1 Å². The Labute approximate surface area is 124 Å². The molecule has 0 unspecified atom stereocenters. The number of benzene rings is 2. The number of nitrogens with one attached hydrogen (secondary N) is 1. The highest BCUT2D eigenvalue weighted by Gasteiger charge is 2.06. The molecule has 0 aromatic heterocycles. The van der Waals surface area contributed by atoms with Crippen molar-refractivity contribution in [1.29, 1.82) is 0 Å². The van der Waals surface area contributed by atoms with E-state index >= 15 is 0 Å². The van der Waals surface area contributed by atoms with Gasteiger partial charge in [0, 0.05) is 13.1 Å². The summed E-state index contributed by atoms with van der Waals surface area (Å²) < 4.78 is 12.8. The topological polar surface area (TPSA) is 55.1 Å². The molecule has 0 saturated heterocycles. The van der Waals surface area contributed by atoms with Crippen LogP contribution in [0.3, 0.4) is 0 Å². The third-order valence-electron chi connectivity index (χ3n) is 3.34. The Morgan fingerprint density at radius 2 is 1.71 bits per heavy atom. The van der Waals surface area contributed by atoms with E-state index in [0.717, 1.165) is 16.7 Å². The van der Waals surface area contributed by atoms with Crippen LogP contribution in [0.15, 0.2) is 48.5 Å². The predicted octanol–water partition coefficient (Wildman–Crippen LogP) is 2.19. The van der Waals surface area contributed by atoms with E-state index in [1.807, 2.05) is 24.3 Å². The zero-order chi connectivity index (χ0) is 15.1. The first-order chi connectivity index (χ1) is 10.2. The summed E-state index contributed by atoms with van der Waals surface area (Å²) in [6.07, 6.45) is 1.02. The first kappa shape index (κ1) is 15.2. The molecule has 0 spiro atoms. The van der Waals surface area contributed by atoms with Gasteiger partial charge in [-0.3, -0.25) is 4.79 Å². The molecule has 110 valence electrons. The smallest absolute Gasteiger partial charge is 0.224 e. The molecule has 3 N–H and O–H groups in total. The fourth-order valence-electron chi connectivity index (χ4n) is 2.16. The van der Waals surface area contributed by atoms with Gasteiger partial charge >= 0.3 is 0 Å². The molecule has 3 nitrogen and oxygen atoms in total. The van der Waals surface area contributed by atoms with E-state index < -0.39 is 0 Å². The van der Waals surface area contributed by atoms with Crippen molar-refractivity contribution in [2.75, 3.05) is 6.54 Å². The third kappa shape index (κ3) is 4.68. The van der Waals surface area contributed by atoms with Crippen LogP contribution in [0.1, 0.15) is 16.7 Å². The van der Waals surface area contributed by atoms with Crippen LogP contribution in [0, 0.1) is 5.82 Å². The summed E-state index contributed by atoms with van der Waals surface area (Å²) in [4.78, 5) is 11.9. The number of nitrogens with two attached hydrogens (primary N) is 1. The third-order valence-corrected chi connectivity index (χ3v) is 3.34. The van der Waals surface area contributed by atoms with Crippen molar-refractivity contribution in [1.82, 2.24) is 5.32 Å². The summed E-state index contributed by atoms with van der Waals surface area (Å²) in [5, 5.41) is 2.87. The maximum atomic E-state index is 12.8.